The van der Waals surface area contributed by atoms with Crippen LogP contribution in [0.2, 0.25) is 0 Å². The van der Waals surface area contributed by atoms with Crippen molar-refractivity contribution in [2.24, 2.45) is 0 Å². The number of unbranched alkanes of at least 4 members (excludes halogenated alkanes) is 7. The highest BCUT2D eigenvalue weighted by Gasteiger charge is 2.28. The van der Waals surface area contributed by atoms with Gasteiger partial charge in [0.15, 0.2) is 11.5 Å². The summed E-state index contributed by atoms with van der Waals surface area (Å²) in [5.74, 6) is -1.33. The summed E-state index contributed by atoms with van der Waals surface area (Å²) in [5, 5.41) is 9.75. The number of ketones is 2. The van der Waals surface area contributed by atoms with E-state index in [9.17, 15) is 14.7 Å². The predicted octanol–water partition coefficient (Wildman–Crippen LogP) is 4.18. The van der Waals surface area contributed by atoms with E-state index >= 15 is 0 Å². The zero-order valence-electron chi connectivity index (χ0n) is 13.4. The van der Waals surface area contributed by atoms with Crippen molar-refractivity contribution < 1.29 is 19.4 Å². The van der Waals surface area contributed by atoms with Crippen LogP contribution < -0.4 is 0 Å². The Morgan fingerprint density at radius 1 is 1.09 bits per heavy atom. The first-order valence-corrected chi connectivity index (χ1v) is 7.99. The molecule has 0 heterocycles. The van der Waals surface area contributed by atoms with Crippen LogP contribution in [0.1, 0.15) is 57.8 Å². The normalized spacial score (nSPS) is 15.0. The Labute approximate surface area is 132 Å². The van der Waals surface area contributed by atoms with Crippen LogP contribution in [0.4, 0.5) is 0 Å². The molecule has 0 spiro atoms. The smallest absolute Gasteiger partial charge is 0.227 e. The zero-order chi connectivity index (χ0) is 16.4. The highest BCUT2D eigenvalue weighted by atomic mass is 16.5. The van der Waals surface area contributed by atoms with Crippen molar-refractivity contribution in [3.63, 3.8) is 0 Å². The molecule has 22 heavy (non-hydrogen) atoms. The van der Waals surface area contributed by atoms with Crippen molar-refractivity contribution in [1.82, 2.24) is 0 Å². The van der Waals surface area contributed by atoms with Gasteiger partial charge < -0.3 is 9.84 Å². The highest BCUT2D eigenvalue weighted by Crippen LogP contribution is 2.23. The molecule has 1 rings (SSSR count). The van der Waals surface area contributed by atoms with Crippen molar-refractivity contribution in [1.29, 1.82) is 0 Å². The third-order valence-corrected chi connectivity index (χ3v) is 3.83. The van der Waals surface area contributed by atoms with Gasteiger partial charge in [-0.1, -0.05) is 38.2 Å². The Morgan fingerprint density at radius 3 is 2.27 bits per heavy atom. The molecule has 0 saturated carbocycles. The van der Waals surface area contributed by atoms with E-state index in [0.717, 1.165) is 31.8 Å². The van der Waals surface area contributed by atoms with E-state index in [1.807, 2.05) is 6.08 Å². The van der Waals surface area contributed by atoms with Gasteiger partial charge in [0.25, 0.3) is 0 Å². The number of hydrogen-bond acceptors (Lipinski definition) is 4. The van der Waals surface area contributed by atoms with Crippen molar-refractivity contribution in [3.8, 4) is 0 Å². The SMILES string of the molecule is C=CCCCCCCCCCC1=C(O)C(=O)C=C(OC)C1=O. The monoisotopic (exact) mass is 306 g/mol. The third kappa shape index (κ3) is 5.51. The number of aliphatic hydroxyl groups is 1. The minimum absolute atomic E-state index is 0.0139. The summed E-state index contributed by atoms with van der Waals surface area (Å²) in [4.78, 5) is 23.6. The number of aliphatic hydroxyl groups excluding tert-OH is 1. The molecule has 0 amide bonds. The van der Waals surface area contributed by atoms with Crippen molar-refractivity contribution in [2.45, 2.75) is 57.8 Å². The second-order valence-corrected chi connectivity index (χ2v) is 5.54. The van der Waals surface area contributed by atoms with Crippen LogP contribution in [0.25, 0.3) is 0 Å². The molecule has 1 aliphatic rings. The summed E-state index contributed by atoms with van der Waals surface area (Å²) in [6, 6.07) is 0. The molecule has 1 aliphatic carbocycles. The van der Waals surface area contributed by atoms with E-state index in [1.54, 1.807) is 0 Å². The van der Waals surface area contributed by atoms with Gasteiger partial charge in [-0.2, -0.15) is 0 Å². The maximum Gasteiger partial charge on any atom is 0.227 e. The second-order valence-electron chi connectivity index (χ2n) is 5.54. The van der Waals surface area contributed by atoms with E-state index in [0.29, 0.717) is 6.42 Å². The fourth-order valence-electron chi connectivity index (χ4n) is 2.52. The lowest BCUT2D eigenvalue weighted by Crippen LogP contribution is -2.20. The number of Topliss-reactive ketones (excluding diaryl/α,β-unsaturated/α-hetero) is 1. The lowest BCUT2D eigenvalue weighted by molar-refractivity contribution is -0.119. The van der Waals surface area contributed by atoms with Crippen LogP contribution in [0.15, 0.2) is 35.8 Å². The minimum atomic E-state index is -0.548. The molecule has 0 fully saturated rings. The molecule has 0 aromatic heterocycles. The molecular formula is C18H26O4. The lowest BCUT2D eigenvalue weighted by atomic mass is 9.94. The van der Waals surface area contributed by atoms with E-state index in [2.05, 4.69) is 6.58 Å². The number of carbonyl (C=O) groups is 2. The summed E-state index contributed by atoms with van der Waals surface area (Å²) in [6.07, 6.45) is 12.2. The van der Waals surface area contributed by atoms with Crippen LogP contribution in [-0.4, -0.2) is 23.8 Å². The maximum atomic E-state index is 12.0. The summed E-state index contributed by atoms with van der Waals surface area (Å²) >= 11 is 0. The average molecular weight is 306 g/mol. The molecule has 0 aliphatic heterocycles. The first-order valence-electron chi connectivity index (χ1n) is 7.99. The summed E-state index contributed by atoms with van der Waals surface area (Å²) in [7, 11) is 1.35. The van der Waals surface area contributed by atoms with Gasteiger partial charge in [-0.25, -0.2) is 0 Å². The Balaban J connectivity index is 2.26. The number of carbonyl (C=O) groups excluding carboxylic acids is 2. The van der Waals surface area contributed by atoms with Crippen molar-refractivity contribution in [3.05, 3.63) is 35.8 Å². The van der Waals surface area contributed by atoms with E-state index in [1.165, 1.54) is 32.8 Å². The van der Waals surface area contributed by atoms with Crippen LogP contribution in [-0.2, 0) is 14.3 Å². The van der Waals surface area contributed by atoms with Crippen LogP contribution >= 0.6 is 0 Å². The van der Waals surface area contributed by atoms with E-state index in [-0.39, 0.29) is 17.1 Å². The van der Waals surface area contributed by atoms with Gasteiger partial charge in [0, 0.05) is 11.6 Å². The van der Waals surface area contributed by atoms with Gasteiger partial charge in [0.1, 0.15) is 0 Å². The standard InChI is InChI=1S/C18H26O4/c1-3-4-5-6-7-8-9-10-11-12-14-17(20)15(19)13-16(22-2)18(14)21/h3,13,20H,1,4-12H2,2H3. The number of hydrogen-bond donors (Lipinski definition) is 1. The molecule has 4 nitrogen and oxygen atoms in total. The largest absolute Gasteiger partial charge is 0.504 e. The topological polar surface area (TPSA) is 63.6 Å². The number of allylic oxidation sites excluding steroid dienone is 3. The number of methoxy groups -OCH3 is 1. The van der Waals surface area contributed by atoms with E-state index in [4.69, 9.17) is 4.74 Å². The Bertz CT molecular complexity index is 471. The third-order valence-electron chi connectivity index (χ3n) is 3.83. The molecule has 0 unspecified atom stereocenters. The first-order chi connectivity index (χ1) is 10.6. The number of ether oxygens (including phenoxy) is 1. The van der Waals surface area contributed by atoms with Crippen LogP contribution in [0, 0.1) is 0 Å². The predicted molar refractivity (Wildman–Crippen MR) is 86.5 cm³/mol. The van der Waals surface area contributed by atoms with E-state index < -0.39 is 11.5 Å². The molecule has 0 aromatic rings. The lowest BCUT2D eigenvalue weighted by Gasteiger charge is -2.14. The highest BCUT2D eigenvalue weighted by molar-refractivity contribution is 6.20. The van der Waals surface area contributed by atoms with Crippen LogP contribution in [0.3, 0.4) is 0 Å². The Hall–Kier alpha value is -1.84. The zero-order valence-corrected chi connectivity index (χ0v) is 13.4. The first kappa shape index (κ1) is 18.2. The molecule has 0 atom stereocenters. The summed E-state index contributed by atoms with van der Waals surface area (Å²) in [5.41, 5.74) is 0.190. The molecule has 0 saturated heterocycles. The average Bonchev–Trinajstić information content (AvgIpc) is 2.52. The van der Waals surface area contributed by atoms with Crippen molar-refractivity contribution >= 4 is 11.6 Å². The van der Waals surface area contributed by atoms with Gasteiger partial charge in [-0.3, -0.25) is 9.59 Å². The minimum Gasteiger partial charge on any atom is -0.504 e. The fraction of sp³-hybridized carbons (Fsp3) is 0.556. The molecule has 0 radical (unpaired) electrons. The van der Waals surface area contributed by atoms with Gasteiger partial charge in [-0.05, 0) is 25.7 Å². The van der Waals surface area contributed by atoms with Gasteiger partial charge >= 0.3 is 0 Å². The quantitative estimate of drug-likeness (QED) is 0.353. The van der Waals surface area contributed by atoms with Gasteiger partial charge in [0.2, 0.25) is 11.6 Å². The Morgan fingerprint density at radius 2 is 1.68 bits per heavy atom. The van der Waals surface area contributed by atoms with Crippen LogP contribution in [0.5, 0.6) is 0 Å². The molecule has 0 aromatic carbocycles. The Kier molecular flexibility index (Phi) is 8.26. The molecule has 122 valence electrons. The van der Waals surface area contributed by atoms with Gasteiger partial charge in [-0.15, -0.1) is 6.58 Å². The fourth-order valence-corrected chi connectivity index (χ4v) is 2.52. The maximum absolute atomic E-state index is 12.0. The second kappa shape index (κ2) is 9.98. The number of rotatable bonds is 11. The summed E-state index contributed by atoms with van der Waals surface area (Å²) < 4.78 is 4.88. The molecular weight excluding hydrogens is 280 g/mol. The molecule has 1 N–H and O–H groups in total. The van der Waals surface area contributed by atoms with Gasteiger partial charge in [0.05, 0.1) is 7.11 Å². The molecule has 4 heteroatoms. The van der Waals surface area contributed by atoms with Crippen molar-refractivity contribution in [2.75, 3.05) is 7.11 Å². The summed E-state index contributed by atoms with van der Waals surface area (Å²) in [6.45, 7) is 3.70. The molecule has 0 bridgehead atoms.